The first kappa shape index (κ1) is 30.0. The van der Waals surface area contributed by atoms with Crippen LogP contribution in [0, 0.1) is 0 Å². The monoisotopic (exact) mass is 262 g/mol. The topological polar surface area (TPSA) is 130 Å². The van der Waals surface area contributed by atoms with Crippen molar-refractivity contribution >= 4 is 11.9 Å². The fraction of sp³-hybridized carbons (Fsp3) is 0. The maximum atomic E-state index is 9.41. The molecule has 0 aliphatic carbocycles. The van der Waals surface area contributed by atoms with Gasteiger partial charge in [-0.2, -0.15) is 0 Å². The fourth-order valence-electron chi connectivity index (χ4n) is 0.136. The van der Waals surface area contributed by atoms with Crippen LogP contribution in [-0.4, -0.2) is 11.9 Å². The van der Waals surface area contributed by atoms with Crippen molar-refractivity contribution in [3.05, 3.63) is 18.0 Å². The van der Waals surface area contributed by atoms with Crippen molar-refractivity contribution in [2.24, 2.45) is 5.84 Å². The van der Waals surface area contributed by atoms with Gasteiger partial charge in [-0.25, -0.2) is 0 Å². The predicted octanol–water partition coefficient (Wildman–Crippen LogP) is -12.0. The van der Waals surface area contributed by atoms with E-state index in [9.17, 15) is 19.8 Å². The third kappa shape index (κ3) is 39.1. The Labute approximate surface area is 203 Å². The fourth-order valence-corrected chi connectivity index (χ4v) is 0.136. The van der Waals surface area contributed by atoms with E-state index in [2.05, 4.69) is 5.84 Å². The molecular weight excluding hydrogens is 257 g/mol. The Bertz CT molecular complexity index is 136. The van der Waals surface area contributed by atoms with Crippen LogP contribution in [-0.2, 0) is 9.59 Å². The predicted molar refractivity (Wildman–Crippen MR) is 27.7 cm³/mol. The molecule has 0 aromatic heterocycles. The number of carboxylic acids is 2. The third-order valence-corrected chi connectivity index (χ3v) is 0.355. The molecule has 0 spiro atoms. The molecule has 0 radical (unpaired) electrons. The van der Waals surface area contributed by atoms with Gasteiger partial charge in [-0.1, -0.05) is 0 Å². The molecule has 0 fully saturated rings. The molecule has 0 unspecified atom stereocenters. The van der Waals surface area contributed by atoms with Crippen molar-refractivity contribution < 1.29 is 174 Å². The standard InChI is InChI=1S/C4H4O4.3K.H3N2/c5-3(6)1-2-4(7)8;;;;1-2/h1-2H,(H,5,6)(H,7,8);;;;1H,2H2/q;3*+1;-1/p-2/b2-1-;;;;. The van der Waals surface area contributed by atoms with E-state index < -0.39 is 11.9 Å². The van der Waals surface area contributed by atoms with Gasteiger partial charge in [0.25, 0.3) is 0 Å². The Morgan fingerprint density at radius 1 is 0.923 bits per heavy atom. The Morgan fingerprint density at radius 3 is 1.15 bits per heavy atom. The summed E-state index contributed by atoms with van der Waals surface area (Å²) >= 11 is 0. The van der Waals surface area contributed by atoms with Gasteiger partial charge in [0.15, 0.2) is 0 Å². The van der Waals surface area contributed by atoms with Gasteiger partial charge in [-0.05, 0) is 12.2 Å². The van der Waals surface area contributed by atoms with E-state index in [-0.39, 0.29) is 154 Å². The average molecular weight is 262 g/mol. The smallest absolute Gasteiger partial charge is 0.615 e. The van der Waals surface area contributed by atoms with Gasteiger partial charge in [-0.15, -0.1) is 0 Å². The van der Waals surface area contributed by atoms with E-state index >= 15 is 0 Å². The number of nitrogens with one attached hydrogen (secondary N) is 1. The van der Waals surface area contributed by atoms with Gasteiger partial charge in [0.1, 0.15) is 0 Å². The van der Waals surface area contributed by atoms with Gasteiger partial charge >= 0.3 is 154 Å². The number of hydrogen-bond acceptors (Lipinski definition) is 5. The summed E-state index contributed by atoms with van der Waals surface area (Å²) in [6.45, 7) is 0. The first-order valence-electron chi connectivity index (χ1n) is 2.02. The van der Waals surface area contributed by atoms with Crippen molar-refractivity contribution in [3.8, 4) is 0 Å². The zero-order chi connectivity index (χ0) is 8.57. The van der Waals surface area contributed by atoms with Crippen LogP contribution >= 0.6 is 0 Å². The van der Waals surface area contributed by atoms with Gasteiger partial charge in [0.05, 0.1) is 11.9 Å². The molecule has 6 nitrogen and oxygen atoms in total. The Hall–Kier alpha value is 3.51. The van der Waals surface area contributed by atoms with Crippen LogP contribution in [0.2, 0.25) is 0 Å². The Kier molecular flexibility index (Phi) is 56.8. The minimum Gasteiger partial charge on any atom is -0.615 e. The van der Waals surface area contributed by atoms with E-state index in [1.165, 1.54) is 0 Å². The second-order valence-corrected chi connectivity index (χ2v) is 0.971. The molecule has 13 heavy (non-hydrogen) atoms. The van der Waals surface area contributed by atoms with Crippen LogP contribution in [0.15, 0.2) is 12.2 Å². The van der Waals surface area contributed by atoms with Gasteiger partial charge < -0.3 is 31.5 Å². The van der Waals surface area contributed by atoms with Crippen molar-refractivity contribution in [1.29, 1.82) is 0 Å². The zero-order valence-corrected chi connectivity index (χ0v) is 17.2. The molecule has 0 saturated heterocycles. The number of aliphatic carboxylic acids is 2. The molecule has 0 atom stereocenters. The molecule has 0 aliphatic heterocycles. The molecule has 3 N–H and O–H groups in total. The van der Waals surface area contributed by atoms with E-state index in [0.717, 1.165) is 0 Å². The second kappa shape index (κ2) is 24.6. The SMILES string of the molecule is O=C([O-])/C=C\C(=O)[O-].[K+].[K+].[K+].[NH-]N. The molecule has 0 aromatic rings. The van der Waals surface area contributed by atoms with Crippen molar-refractivity contribution in [3.63, 3.8) is 0 Å². The molecule has 0 aliphatic rings. The molecule has 0 bridgehead atoms. The van der Waals surface area contributed by atoms with Crippen LogP contribution in [0.5, 0.6) is 0 Å². The summed E-state index contributed by atoms with van der Waals surface area (Å²) in [4.78, 5) is 18.8. The van der Waals surface area contributed by atoms with Crippen molar-refractivity contribution in [1.82, 2.24) is 0 Å². The summed E-state index contributed by atoms with van der Waals surface area (Å²) in [5.74, 6) is 5.91. The molecule has 0 rings (SSSR count). The summed E-state index contributed by atoms with van der Waals surface area (Å²) in [6.07, 6.45) is 0.769. The first-order valence-corrected chi connectivity index (χ1v) is 2.02. The largest absolute Gasteiger partial charge is 1.00 e. The summed E-state index contributed by atoms with van der Waals surface area (Å²) < 4.78 is 0. The maximum Gasteiger partial charge on any atom is 1.00 e. The summed E-state index contributed by atoms with van der Waals surface area (Å²) in [7, 11) is 0. The summed E-state index contributed by atoms with van der Waals surface area (Å²) in [5.41, 5.74) is 0. The van der Waals surface area contributed by atoms with Crippen LogP contribution in [0.25, 0.3) is 5.84 Å². The van der Waals surface area contributed by atoms with Gasteiger partial charge in [-0.3, -0.25) is 0 Å². The molecule has 0 saturated carbocycles. The van der Waals surface area contributed by atoms with E-state index in [1.54, 1.807) is 0 Å². The van der Waals surface area contributed by atoms with Crippen molar-refractivity contribution in [2.75, 3.05) is 0 Å². The maximum absolute atomic E-state index is 9.41. The van der Waals surface area contributed by atoms with Crippen LogP contribution < -0.4 is 170 Å². The number of carbonyl (C=O) groups is 2. The molecular formula is C4H5K3N2O4. The Balaban J connectivity index is -0.0000000398. The van der Waals surface area contributed by atoms with E-state index in [0.29, 0.717) is 12.2 Å². The van der Waals surface area contributed by atoms with E-state index in [4.69, 9.17) is 5.84 Å². The third-order valence-electron chi connectivity index (χ3n) is 0.355. The van der Waals surface area contributed by atoms with Gasteiger partial charge in [0, 0.05) is 0 Å². The molecule has 0 aromatic carbocycles. The van der Waals surface area contributed by atoms with E-state index in [1.807, 2.05) is 0 Å². The van der Waals surface area contributed by atoms with Crippen molar-refractivity contribution in [2.45, 2.75) is 0 Å². The number of hydrogen-bond donors (Lipinski definition) is 1. The number of rotatable bonds is 2. The zero-order valence-electron chi connectivity index (χ0n) is 7.87. The molecule has 0 heterocycles. The van der Waals surface area contributed by atoms with Crippen LogP contribution in [0.3, 0.4) is 0 Å². The summed E-state index contributed by atoms with van der Waals surface area (Å²) in [5, 5.41) is 18.8. The summed E-state index contributed by atoms with van der Waals surface area (Å²) in [6, 6.07) is 0. The normalized spacial score (nSPS) is 6.31. The van der Waals surface area contributed by atoms with Gasteiger partial charge in [0.2, 0.25) is 0 Å². The van der Waals surface area contributed by atoms with Crippen LogP contribution in [0.1, 0.15) is 0 Å². The molecule has 0 amide bonds. The first-order chi connectivity index (χ1) is 4.63. The number of nitrogens with two attached hydrogens (primary N) is 1. The quantitative estimate of drug-likeness (QED) is 0.228. The number of carbonyl (C=O) groups excluding carboxylic acids is 2. The van der Waals surface area contributed by atoms with Crippen LogP contribution in [0.4, 0.5) is 0 Å². The minimum absolute atomic E-state index is 0. The molecule has 58 valence electrons. The second-order valence-electron chi connectivity index (χ2n) is 0.971. The number of carboxylic acid groups (broad SMARTS) is 2. The average Bonchev–Trinajstić information content (AvgIpc) is 1.89. The Morgan fingerprint density at radius 2 is 1.08 bits per heavy atom. The molecule has 9 heteroatoms. The minimum atomic E-state index is -1.55.